The Labute approximate surface area is 132 Å². The molecule has 0 radical (unpaired) electrons. The summed E-state index contributed by atoms with van der Waals surface area (Å²) >= 11 is 11.9. The predicted octanol–water partition coefficient (Wildman–Crippen LogP) is 1.60. The summed E-state index contributed by atoms with van der Waals surface area (Å²) in [7, 11) is 1.52. The highest BCUT2D eigenvalue weighted by Crippen LogP contribution is 2.21. The van der Waals surface area contributed by atoms with E-state index in [2.05, 4.69) is 15.8 Å². The van der Waals surface area contributed by atoms with Gasteiger partial charge in [-0.1, -0.05) is 29.3 Å². The van der Waals surface area contributed by atoms with Gasteiger partial charge in [0.25, 0.3) is 0 Å². The highest BCUT2D eigenvalue weighted by Gasteiger charge is 2.08. The first-order valence-electron chi connectivity index (χ1n) is 6.06. The minimum atomic E-state index is -0.538. The van der Waals surface area contributed by atoms with E-state index in [1.807, 2.05) is 0 Å². The lowest BCUT2D eigenvalue weighted by Crippen LogP contribution is -2.31. The van der Waals surface area contributed by atoms with E-state index in [0.717, 1.165) is 0 Å². The van der Waals surface area contributed by atoms with Gasteiger partial charge in [0.1, 0.15) is 6.42 Å². The van der Waals surface area contributed by atoms with E-state index in [-0.39, 0.29) is 6.42 Å². The lowest BCUT2D eigenvalue weighted by atomic mass is 10.2. The summed E-state index contributed by atoms with van der Waals surface area (Å²) in [6.07, 6.45) is 1.00. The Kier molecular flexibility index (Phi) is 7.74. The average Bonchev–Trinajstić information content (AvgIpc) is 2.42. The van der Waals surface area contributed by atoms with Gasteiger partial charge < -0.3 is 10.1 Å². The summed E-state index contributed by atoms with van der Waals surface area (Å²) in [6.45, 7) is 0.734. The van der Waals surface area contributed by atoms with E-state index < -0.39 is 11.8 Å². The fourth-order valence-electron chi connectivity index (χ4n) is 1.34. The van der Waals surface area contributed by atoms with Gasteiger partial charge in [-0.05, 0) is 12.1 Å². The van der Waals surface area contributed by atoms with Crippen LogP contribution >= 0.6 is 23.2 Å². The normalized spacial score (nSPS) is 10.6. The molecule has 2 amide bonds. The SMILES string of the molecule is COCCNC(=O)CC(=O)N/N=C\c1c(Cl)cccc1Cl. The molecule has 0 aromatic heterocycles. The summed E-state index contributed by atoms with van der Waals surface area (Å²) in [4.78, 5) is 22.8. The van der Waals surface area contributed by atoms with Crippen LogP contribution in [0.3, 0.4) is 0 Å². The third kappa shape index (κ3) is 6.57. The molecule has 8 heteroatoms. The molecule has 0 aliphatic heterocycles. The fourth-order valence-corrected chi connectivity index (χ4v) is 1.84. The Balaban J connectivity index is 2.42. The van der Waals surface area contributed by atoms with Crippen molar-refractivity contribution in [3.8, 4) is 0 Å². The van der Waals surface area contributed by atoms with Crippen LogP contribution in [-0.4, -0.2) is 38.3 Å². The number of carbonyl (C=O) groups excluding carboxylic acids is 2. The number of halogens is 2. The van der Waals surface area contributed by atoms with E-state index in [4.69, 9.17) is 27.9 Å². The van der Waals surface area contributed by atoms with Crippen molar-refractivity contribution in [3.63, 3.8) is 0 Å². The van der Waals surface area contributed by atoms with Gasteiger partial charge in [0.2, 0.25) is 11.8 Å². The van der Waals surface area contributed by atoms with Crippen LogP contribution in [0, 0.1) is 0 Å². The second-order valence-electron chi connectivity index (χ2n) is 3.95. The van der Waals surface area contributed by atoms with Crippen molar-refractivity contribution in [2.24, 2.45) is 5.10 Å². The van der Waals surface area contributed by atoms with Gasteiger partial charge in [-0.2, -0.15) is 5.10 Å². The average molecular weight is 332 g/mol. The number of ether oxygens (including phenoxy) is 1. The molecule has 0 atom stereocenters. The van der Waals surface area contributed by atoms with Crippen LogP contribution in [0.2, 0.25) is 10.0 Å². The number of amides is 2. The van der Waals surface area contributed by atoms with Crippen molar-refractivity contribution in [1.29, 1.82) is 0 Å². The number of hydrogen-bond donors (Lipinski definition) is 2. The van der Waals surface area contributed by atoms with Crippen molar-refractivity contribution in [1.82, 2.24) is 10.7 Å². The molecule has 0 unspecified atom stereocenters. The van der Waals surface area contributed by atoms with Crippen LogP contribution in [0.25, 0.3) is 0 Å². The van der Waals surface area contributed by atoms with Crippen LogP contribution in [0.4, 0.5) is 0 Å². The molecule has 1 aromatic rings. The molecule has 0 spiro atoms. The van der Waals surface area contributed by atoms with Crippen molar-refractivity contribution in [3.05, 3.63) is 33.8 Å². The van der Waals surface area contributed by atoms with E-state index in [0.29, 0.717) is 28.8 Å². The number of hydrogen-bond acceptors (Lipinski definition) is 4. The molecule has 0 bridgehead atoms. The molecule has 0 heterocycles. The van der Waals surface area contributed by atoms with Gasteiger partial charge in [-0.3, -0.25) is 9.59 Å². The highest BCUT2D eigenvalue weighted by molar-refractivity contribution is 6.38. The fraction of sp³-hybridized carbons (Fsp3) is 0.308. The first-order chi connectivity index (χ1) is 10.0. The quantitative estimate of drug-likeness (QED) is 0.344. The molecule has 114 valence electrons. The molecular formula is C13H15Cl2N3O3. The molecule has 0 aliphatic carbocycles. The van der Waals surface area contributed by atoms with Gasteiger partial charge in [0.05, 0.1) is 22.9 Å². The molecule has 2 N–H and O–H groups in total. The van der Waals surface area contributed by atoms with E-state index in [1.165, 1.54) is 13.3 Å². The highest BCUT2D eigenvalue weighted by atomic mass is 35.5. The Bertz CT molecular complexity index is 515. The number of nitrogens with zero attached hydrogens (tertiary/aromatic N) is 1. The van der Waals surface area contributed by atoms with Gasteiger partial charge in [0.15, 0.2) is 0 Å². The van der Waals surface area contributed by atoms with Crippen molar-refractivity contribution in [2.45, 2.75) is 6.42 Å². The summed E-state index contributed by atoms with van der Waals surface area (Å²) < 4.78 is 4.77. The number of benzene rings is 1. The second-order valence-corrected chi connectivity index (χ2v) is 4.76. The Morgan fingerprint density at radius 2 is 1.95 bits per heavy atom. The number of nitrogens with one attached hydrogen (secondary N) is 2. The van der Waals surface area contributed by atoms with Crippen LogP contribution in [0.5, 0.6) is 0 Å². The van der Waals surface area contributed by atoms with Gasteiger partial charge >= 0.3 is 0 Å². The summed E-state index contributed by atoms with van der Waals surface area (Å²) in [5.41, 5.74) is 2.72. The van der Waals surface area contributed by atoms with E-state index in [9.17, 15) is 9.59 Å². The first-order valence-corrected chi connectivity index (χ1v) is 6.81. The van der Waals surface area contributed by atoms with Crippen LogP contribution < -0.4 is 10.7 Å². The maximum absolute atomic E-state index is 11.5. The standard InChI is InChI=1S/C13H15Cl2N3O3/c1-21-6-5-16-12(19)7-13(20)18-17-8-9-10(14)3-2-4-11(9)15/h2-4,8H,5-7H2,1H3,(H,16,19)(H,18,20)/b17-8-. The van der Waals surface area contributed by atoms with Gasteiger partial charge in [0, 0.05) is 19.2 Å². The molecule has 0 fully saturated rings. The second kappa shape index (κ2) is 9.33. The summed E-state index contributed by atoms with van der Waals surface area (Å²) in [6, 6.07) is 5.00. The van der Waals surface area contributed by atoms with Crippen molar-refractivity contribution in [2.75, 3.05) is 20.3 Å². The molecular weight excluding hydrogens is 317 g/mol. The molecule has 21 heavy (non-hydrogen) atoms. The van der Waals surface area contributed by atoms with Crippen molar-refractivity contribution < 1.29 is 14.3 Å². The Morgan fingerprint density at radius 1 is 1.29 bits per heavy atom. The van der Waals surface area contributed by atoms with Crippen LogP contribution in [-0.2, 0) is 14.3 Å². The van der Waals surface area contributed by atoms with Crippen LogP contribution in [0.15, 0.2) is 23.3 Å². The molecule has 0 aliphatic rings. The van der Waals surface area contributed by atoms with Crippen molar-refractivity contribution >= 4 is 41.2 Å². The largest absolute Gasteiger partial charge is 0.383 e. The zero-order valence-electron chi connectivity index (χ0n) is 11.4. The maximum Gasteiger partial charge on any atom is 0.249 e. The summed E-state index contributed by atoms with van der Waals surface area (Å²) in [5, 5.41) is 7.07. The van der Waals surface area contributed by atoms with E-state index >= 15 is 0 Å². The van der Waals surface area contributed by atoms with Gasteiger partial charge in [-0.25, -0.2) is 5.43 Å². The number of rotatable bonds is 7. The maximum atomic E-state index is 11.5. The number of methoxy groups -OCH3 is 1. The predicted molar refractivity (Wildman–Crippen MR) is 81.7 cm³/mol. The minimum Gasteiger partial charge on any atom is -0.383 e. The lowest BCUT2D eigenvalue weighted by molar-refractivity contribution is -0.129. The lowest BCUT2D eigenvalue weighted by Gasteiger charge is -2.03. The summed E-state index contributed by atoms with van der Waals surface area (Å²) in [5.74, 6) is -0.945. The Hall–Kier alpha value is -1.63. The Morgan fingerprint density at radius 3 is 2.57 bits per heavy atom. The molecule has 0 saturated heterocycles. The third-order valence-electron chi connectivity index (χ3n) is 2.33. The molecule has 6 nitrogen and oxygen atoms in total. The smallest absolute Gasteiger partial charge is 0.249 e. The topological polar surface area (TPSA) is 79.8 Å². The zero-order valence-corrected chi connectivity index (χ0v) is 12.9. The number of carbonyl (C=O) groups is 2. The monoisotopic (exact) mass is 331 g/mol. The minimum absolute atomic E-state index is 0.322. The number of hydrazone groups is 1. The van der Waals surface area contributed by atoms with Gasteiger partial charge in [-0.15, -0.1) is 0 Å². The van der Waals surface area contributed by atoms with Crippen LogP contribution in [0.1, 0.15) is 12.0 Å². The molecule has 1 rings (SSSR count). The third-order valence-corrected chi connectivity index (χ3v) is 2.99. The molecule has 1 aromatic carbocycles. The molecule has 0 saturated carbocycles. The zero-order chi connectivity index (χ0) is 15.7. The van der Waals surface area contributed by atoms with E-state index in [1.54, 1.807) is 18.2 Å². The first kappa shape index (κ1) is 17.4.